The molecule has 1 aliphatic rings. The first-order valence-electron chi connectivity index (χ1n) is 12.5. The number of carbonyl (C=O) groups excluding carboxylic acids is 3. The SMILES string of the molecule is Cc1cccc(C)c1NC(=O)C(c1c(C)cccc1C)N(C(=O)C(C)NC(=O)OC(C)(C)C)C1CC1. The molecule has 3 rings (SSSR count). The van der Waals surface area contributed by atoms with Crippen LogP contribution in [0.1, 0.15) is 74.4 Å². The summed E-state index contributed by atoms with van der Waals surface area (Å²) >= 11 is 0. The summed E-state index contributed by atoms with van der Waals surface area (Å²) in [6.07, 6.45) is 0.953. The molecular weight excluding hydrogens is 454 g/mol. The van der Waals surface area contributed by atoms with Crippen LogP contribution in [-0.2, 0) is 14.3 Å². The molecule has 1 aliphatic carbocycles. The molecule has 0 saturated heterocycles. The van der Waals surface area contributed by atoms with E-state index in [0.29, 0.717) is 0 Å². The predicted octanol–water partition coefficient (Wildman–Crippen LogP) is 5.50. The standard InChI is InChI=1S/C29H39N3O4/c1-17-11-9-12-18(2)23(17)25(26(33)31-24-19(3)13-10-14-20(24)4)32(22-15-16-22)27(34)21(5)30-28(35)36-29(6,7)8/h9-14,21-22,25H,15-16H2,1-8H3,(H,30,35)(H,31,33). The highest BCUT2D eigenvalue weighted by atomic mass is 16.6. The van der Waals surface area contributed by atoms with Crippen LogP contribution in [-0.4, -0.2) is 40.5 Å². The van der Waals surface area contributed by atoms with Crippen LogP contribution in [0.5, 0.6) is 0 Å². The van der Waals surface area contributed by atoms with Crippen LogP contribution in [0.15, 0.2) is 36.4 Å². The van der Waals surface area contributed by atoms with Gasteiger partial charge in [-0.1, -0.05) is 36.4 Å². The van der Waals surface area contributed by atoms with Crippen molar-refractivity contribution in [2.24, 2.45) is 0 Å². The van der Waals surface area contributed by atoms with Crippen molar-refractivity contribution < 1.29 is 19.1 Å². The second-order valence-corrected chi connectivity index (χ2v) is 10.8. The third kappa shape index (κ3) is 6.45. The molecule has 0 radical (unpaired) electrons. The minimum atomic E-state index is -0.861. The molecule has 3 amide bonds. The minimum Gasteiger partial charge on any atom is -0.444 e. The van der Waals surface area contributed by atoms with Gasteiger partial charge in [-0.15, -0.1) is 0 Å². The number of para-hydroxylation sites is 1. The van der Waals surface area contributed by atoms with Gasteiger partial charge in [-0.3, -0.25) is 9.59 Å². The van der Waals surface area contributed by atoms with Crippen molar-refractivity contribution in [3.8, 4) is 0 Å². The number of hydrogen-bond donors (Lipinski definition) is 2. The number of nitrogens with zero attached hydrogens (tertiary/aromatic N) is 1. The number of rotatable bonds is 7. The second-order valence-electron chi connectivity index (χ2n) is 10.8. The van der Waals surface area contributed by atoms with Crippen LogP contribution in [0.25, 0.3) is 0 Å². The molecule has 0 heterocycles. The Morgan fingerprint density at radius 2 is 1.42 bits per heavy atom. The Balaban J connectivity index is 2.00. The fourth-order valence-electron chi connectivity index (χ4n) is 4.50. The highest BCUT2D eigenvalue weighted by molar-refractivity contribution is 6.00. The van der Waals surface area contributed by atoms with Crippen molar-refractivity contribution in [2.45, 2.75) is 92.0 Å². The highest BCUT2D eigenvalue weighted by Crippen LogP contribution is 2.38. The number of aryl methyl sites for hydroxylation is 4. The maximum atomic E-state index is 14.0. The molecule has 1 fully saturated rings. The molecule has 1 saturated carbocycles. The molecule has 0 spiro atoms. The fourth-order valence-corrected chi connectivity index (χ4v) is 4.50. The molecular formula is C29H39N3O4. The molecule has 0 bridgehead atoms. The zero-order valence-corrected chi connectivity index (χ0v) is 22.7. The van der Waals surface area contributed by atoms with E-state index < -0.39 is 23.8 Å². The Morgan fingerprint density at radius 1 is 0.917 bits per heavy atom. The third-order valence-corrected chi connectivity index (χ3v) is 6.37. The average Bonchev–Trinajstić information content (AvgIpc) is 3.58. The molecule has 36 heavy (non-hydrogen) atoms. The molecule has 7 nitrogen and oxygen atoms in total. The number of hydrogen-bond acceptors (Lipinski definition) is 4. The summed E-state index contributed by atoms with van der Waals surface area (Å²) in [5, 5.41) is 5.77. The van der Waals surface area contributed by atoms with Crippen LogP contribution < -0.4 is 10.6 Å². The summed E-state index contributed by atoms with van der Waals surface area (Å²) < 4.78 is 5.35. The molecule has 0 aliphatic heterocycles. The van der Waals surface area contributed by atoms with Crippen LogP contribution in [0.4, 0.5) is 10.5 Å². The molecule has 2 atom stereocenters. The first-order chi connectivity index (χ1) is 16.8. The molecule has 2 unspecified atom stereocenters. The van der Waals surface area contributed by atoms with Gasteiger partial charge < -0.3 is 20.3 Å². The van der Waals surface area contributed by atoms with Gasteiger partial charge in [0.1, 0.15) is 17.7 Å². The lowest BCUT2D eigenvalue weighted by atomic mass is 9.93. The maximum Gasteiger partial charge on any atom is 0.408 e. The van der Waals surface area contributed by atoms with E-state index >= 15 is 0 Å². The van der Waals surface area contributed by atoms with E-state index in [-0.39, 0.29) is 17.9 Å². The van der Waals surface area contributed by atoms with Gasteiger partial charge in [-0.05, 0) is 96.0 Å². The smallest absolute Gasteiger partial charge is 0.408 e. The van der Waals surface area contributed by atoms with Crippen LogP contribution in [0, 0.1) is 27.7 Å². The first kappa shape index (κ1) is 27.2. The Labute approximate surface area is 214 Å². The van der Waals surface area contributed by atoms with E-state index in [9.17, 15) is 14.4 Å². The summed E-state index contributed by atoms with van der Waals surface area (Å²) in [6, 6.07) is 9.94. The third-order valence-electron chi connectivity index (χ3n) is 6.37. The zero-order valence-electron chi connectivity index (χ0n) is 22.7. The minimum absolute atomic E-state index is 0.0758. The van der Waals surface area contributed by atoms with E-state index in [1.807, 2.05) is 64.1 Å². The normalized spacial score (nSPS) is 15.0. The number of carbonyl (C=O) groups is 3. The molecule has 2 aromatic rings. The van der Waals surface area contributed by atoms with Gasteiger partial charge >= 0.3 is 6.09 Å². The van der Waals surface area contributed by atoms with E-state index in [1.165, 1.54) is 0 Å². The number of nitrogens with one attached hydrogen (secondary N) is 2. The Kier molecular flexibility index (Phi) is 8.12. The van der Waals surface area contributed by atoms with E-state index in [1.54, 1.807) is 32.6 Å². The van der Waals surface area contributed by atoms with Crippen molar-refractivity contribution >= 4 is 23.6 Å². The first-order valence-corrected chi connectivity index (χ1v) is 12.5. The molecule has 7 heteroatoms. The van der Waals surface area contributed by atoms with E-state index in [0.717, 1.165) is 46.3 Å². The summed E-state index contributed by atoms with van der Waals surface area (Å²) in [5.41, 5.74) is 4.65. The average molecular weight is 494 g/mol. The number of ether oxygens (including phenoxy) is 1. The number of anilines is 1. The molecule has 2 aromatic carbocycles. The lowest BCUT2D eigenvalue weighted by Gasteiger charge is -2.35. The molecule has 194 valence electrons. The van der Waals surface area contributed by atoms with Crippen molar-refractivity contribution in [1.29, 1.82) is 0 Å². The lowest BCUT2D eigenvalue weighted by molar-refractivity contribution is -0.141. The van der Waals surface area contributed by atoms with E-state index in [4.69, 9.17) is 4.74 Å². The maximum absolute atomic E-state index is 14.0. The van der Waals surface area contributed by atoms with Crippen LogP contribution in [0.3, 0.4) is 0 Å². The second kappa shape index (κ2) is 10.7. The van der Waals surface area contributed by atoms with Gasteiger partial charge in [0.25, 0.3) is 5.91 Å². The highest BCUT2D eigenvalue weighted by Gasteiger charge is 2.44. The zero-order chi connectivity index (χ0) is 26.8. The number of alkyl carbamates (subject to hydrolysis) is 1. The number of benzene rings is 2. The topological polar surface area (TPSA) is 87.7 Å². The lowest BCUT2D eigenvalue weighted by Crippen LogP contribution is -2.52. The quantitative estimate of drug-likeness (QED) is 0.533. The number of amides is 3. The largest absolute Gasteiger partial charge is 0.444 e. The monoisotopic (exact) mass is 493 g/mol. The summed E-state index contributed by atoms with van der Waals surface area (Å²) in [6.45, 7) is 14.8. The van der Waals surface area contributed by atoms with Crippen LogP contribution in [0.2, 0.25) is 0 Å². The molecule has 2 N–H and O–H groups in total. The van der Waals surface area contributed by atoms with Gasteiger partial charge in [0.05, 0.1) is 0 Å². The fraction of sp³-hybridized carbons (Fsp3) is 0.483. The Morgan fingerprint density at radius 3 is 1.89 bits per heavy atom. The van der Waals surface area contributed by atoms with E-state index in [2.05, 4.69) is 10.6 Å². The summed E-state index contributed by atoms with van der Waals surface area (Å²) in [5.74, 6) is -0.581. The Hall–Kier alpha value is -3.35. The van der Waals surface area contributed by atoms with Gasteiger partial charge in [-0.25, -0.2) is 4.79 Å². The predicted molar refractivity (Wildman–Crippen MR) is 142 cm³/mol. The van der Waals surface area contributed by atoms with Gasteiger partial charge in [0.2, 0.25) is 5.91 Å². The van der Waals surface area contributed by atoms with Crippen molar-refractivity contribution in [2.75, 3.05) is 5.32 Å². The summed E-state index contributed by atoms with van der Waals surface area (Å²) in [7, 11) is 0. The van der Waals surface area contributed by atoms with Crippen molar-refractivity contribution in [1.82, 2.24) is 10.2 Å². The van der Waals surface area contributed by atoms with Crippen LogP contribution >= 0.6 is 0 Å². The van der Waals surface area contributed by atoms with Crippen molar-refractivity contribution in [3.05, 3.63) is 64.2 Å². The van der Waals surface area contributed by atoms with Crippen molar-refractivity contribution in [3.63, 3.8) is 0 Å². The van der Waals surface area contributed by atoms with Gasteiger partial charge in [0, 0.05) is 11.7 Å². The summed E-state index contributed by atoms with van der Waals surface area (Å²) in [4.78, 5) is 41.9. The molecule has 0 aromatic heterocycles. The Bertz CT molecular complexity index is 1110. The van der Waals surface area contributed by atoms with Gasteiger partial charge in [0.15, 0.2) is 0 Å². The van der Waals surface area contributed by atoms with Gasteiger partial charge in [-0.2, -0.15) is 0 Å².